The van der Waals surface area contributed by atoms with Crippen molar-refractivity contribution in [2.75, 3.05) is 7.11 Å². The van der Waals surface area contributed by atoms with E-state index in [-0.39, 0.29) is 5.56 Å². The van der Waals surface area contributed by atoms with Crippen LogP contribution in [0.15, 0.2) is 42.5 Å². The number of benzene rings is 2. The maximum absolute atomic E-state index is 14.1. The molecule has 3 rings (SSSR count). The first-order valence-corrected chi connectivity index (χ1v) is 9.20. The summed E-state index contributed by atoms with van der Waals surface area (Å²) in [6.45, 7) is 2.27. The van der Waals surface area contributed by atoms with Crippen molar-refractivity contribution in [3.05, 3.63) is 70.8 Å². The Labute approximate surface area is 149 Å². The first-order valence-electron chi connectivity index (χ1n) is 9.20. The smallest absolute Gasteiger partial charge is 0.132 e. The van der Waals surface area contributed by atoms with Gasteiger partial charge in [0.1, 0.15) is 17.7 Å². The van der Waals surface area contributed by atoms with Crippen molar-refractivity contribution < 1.29 is 13.5 Å². The van der Waals surface area contributed by atoms with Crippen LogP contribution in [0.5, 0.6) is 0 Å². The van der Waals surface area contributed by atoms with Crippen molar-refractivity contribution in [1.29, 1.82) is 0 Å². The predicted octanol–water partition coefficient (Wildman–Crippen LogP) is 6.38. The molecule has 1 aliphatic rings. The van der Waals surface area contributed by atoms with E-state index in [4.69, 9.17) is 4.74 Å². The summed E-state index contributed by atoms with van der Waals surface area (Å²) in [6, 6.07) is 12.0. The first-order chi connectivity index (χ1) is 12.1. The molecule has 0 radical (unpaired) electrons. The van der Waals surface area contributed by atoms with Crippen molar-refractivity contribution in [2.45, 2.75) is 51.0 Å². The Hall–Kier alpha value is -1.74. The van der Waals surface area contributed by atoms with E-state index < -0.39 is 17.7 Å². The summed E-state index contributed by atoms with van der Waals surface area (Å²) in [5.41, 5.74) is 2.07. The quantitative estimate of drug-likeness (QED) is 0.611. The molecule has 134 valence electrons. The van der Waals surface area contributed by atoms with Gasteiger partial charge in [0, 0.05) is 7.11 Å². The minimum atomic E-state index is -0.730. The Balaban J connectivity index is 1.79. The number of methoxy groups -OCH3 is 1. The highest BCUT2D eigenvalue weighted by atomic mass is 19.1. The molecule has 0 saturated heterocycles. The Morgan fingerprint density at radius 2 is 1.56 bits per heavy atom. The van der Waals surface area contributed by atoms with Gasteiger partial charge >= 0.3 is 0 Å². The van der Waals surface area contributed by atoms with Crippen LogP contribution in [0.3, 0.4) is 0 Å². The van der Waals surface area contributed by atoms with Gasteiger partial charge in [-0.25, -0.2) is 8.78 Å². The number of hydrogen-bond donors (Lipinski definition) is 0. The summed E-state index contributed by atoms with van der Waals surface area (Å²) in [7, 11) is 1.48. The van der Waals surface area contributed by atoms with Gasteiger partial charge in [-0.2, -0.15) is 0 Å². The van der Waals surface area contributed by atoms with Crippen LogP contribution in [0.25, 0.3) is 0 Å². The van der Waals surface area contributed by atoms with Gasteiger partial charge in [0.05, 0.1) is 5.56 Å². The van der Waals surface area contributed by atoms with Crippen LogP contribution in [-0.2, 0) is 4.74 Å². The highest BCUT2D eigenvalue weighted by Crippen LogP contribution is 2.38. The van der Waals surface area contributed by atoms with Crippen molar-refractivity contribution in [1.82, 2.24) is 0 Å². The van der Waals surface area contributed by atoms with E-state index in [9.17, 15) is 8.78 Å². The van der Waals surface area contributed by atoms with Crippen LogP contribution in [0.2, 0.25) is 0 Å². The van der Waals surface area contributed by atoms with Gasteiger partial charge in [-0.3, -0.25) is 0 Å². The molecule has 1 unspecified atom stereocenters. The van der Waals surface area contributed by atoms with Gasteiger partial charge in [0.2, 0.25) is 0 Å². The molecule has 1 atom stereocenters. The van der Waals surface area contributed by atoms with E-state index in [0.29, 0.717) is 5.92 Å². The lowest BCUT2D eigenvalue weighted by molar-refractivity contribution is 0.129. The SMILES string of the molecule is CCC1CCC(c2ccc(C(OC)c3c(F)cccc3F)cc2)CC1. The van der Waals surface area contributed by atoms with Gasteiger partial charge in [-0.1, -0.05) is 43.7 Å². The maximum Gasteiger partial charge on any atom is 0.132 e. The topological polar surface area (TPSA) is 9.23 Å². The molecule has 2 aromatic rings. The molecule has 0 aliphatic heterocycles. The second kappa shape index (κ2) is 8.09. The van der Waals surface area contributed by atoms with E-state index in [1.165, 1.54) is 63.0 Å². The standard InChI is InChI=1S/C22H26F2O/c1-3-15-7-9-16(10-8-15)17-11-13-18(14-12-17)22(25-2)21-19(23)5-4-6-20(21)24/h4-6,11-16,22H,3,7-10H2,1-2H3. The molecule has 2 aromatic carbocycles. The second-order valence-corrected chi connectivity index (χ2v) is 7.04. The molecule has 3 heteroatoms. The summed E-state index contributed by atoms with van der Waals surface area (Å²) in [5, 5.41) is 0. The largest absolute Gasteiger partial charge is 0.372 e. The normalized spacial score (nSPS) is 21.9. The summed E-state index contributed by atoms with van der Waals surface area (Å²) in [6.07, 6.45) is 5.59. The molecule has 1 saturated carbocycles. The van der Waals surface area contributed by atoms with E-state index in [0.717, 1.165) is 11.5 Å². The van der Waals surface area contributed by atoms with E-state index in [2.05, 4.69) is 19.1 Å². The molecule has 0 heterocycles. The fourth-order valence-electron chi connectivity index (χ4n) is 4.03. The average Bonchev–Trinajstić information content (AvgIpc) is 2.65. The third-order valence-electron chi connectivity index (χ3n) is 5.63. The fourth-order valence-corrected chi connectivity index (χ4v) is 4.03. The van der Waals surface area contributed by atoms with Crippen LogP contribution in [0.4, 0.5) is 8.78 Å². The maximum atomic E-state index is 14.1. The highest BCUT2D eigenvalue weighted by Gasteiger charge is 2.24. The molecule has 0 amide bonds. The lowest BCUT2D eigenvalue weighted by Crippen LogP contribution is -2.13. The van der Waals surface area contributed by atoms with Gasteiger partial charge in [-0.15, -0.1) is 0 Å². The predicted molar refractivity (Wildman–Crippen MR) is 96.6 cm³/mol. The zero-order valence-corrected chi connectivity index (χ0v) is 15.0. The van der Waals surface area contributed by atoms with Crippen LogP contribution < -0.4 is 0 Å². The van der Waals surface area contributed by atoms with Crippen molar-refractivity contribution in [3.63, 3.8) is 0 Å². The number of rotatable bonds is 5. The van der Waals surface area contributed by atoms with Gasteiger partial charge in [0.25, 0.3) is 0 Å². The third kappa shape index (κ3) is 3.92. The molecule has 1 fully saturated rings. The van der Waals surface area contributed by atoms with Crippen LogP contribution >= 0.6 is 0 Å². The molecular weight excluding hydrogens is 318 g/mol. The molecule has 1 aliphatic carbocycles. The first kappa shape index (κ1) is 18.1. The molecule has 1 nitrogen and oxygen atoms in total. The number of hydrogen-bond acceptors (Lipinski definition) is 1. The zero-order valence-electron chi connectivity index (χ0n) is 15.0. The zero-order chi connectivity index (χ0) is 17.8. The average molecular weight is 344 g/mol. The minimum absolute atomic E-state index is 0.0267. The lowest BCUT2D eigenvalue weighted by Gasteiger charge is -2.28. The van der Waals surface area contributed by atoms with Crippen LogP contribution in [0.1, 0.15) is 67.7 Å². The molecule has 25 heavy (non-hydrogen) atoms. The van der Waals surface area contributed by atoms with E-state index in [1.54, 1.807) is 0 Å². The summed E-state index contributed by atoms with van der Waals surface area (Å²) >= 11 is 0. The van der Waals surface area contributed by atoms with Gasteiger partial charge < -0.3 is 4.74 Å². The van der Waals surface area contributed by atoms with E-state index >= 15 is 0 Å². The summed E-state index contributed by atoms with van der Waals surface area (Å²) in [5.74, 6) is 0.322. The van der Waals surface area contributed by atoms with Crippen molar-refractivity contribution in [2.24, 2.45) is 5.92 Å². The monoisotopic (exact) mass is 344 g/mol. The molecular formula is C22H26F2O. The Bertz CT molecular complexity index is 667. The Morgan fingerprint density at radius 3 is 2.08 bits per heavy atom. The number of ether oxygens (including phenoxy) is 1. The van der Waals surface area contributed by atoms with Crippen LogP contribution in [-0.4, -0.2) is 7.11 Å². The molecule has 0 spiro atoms. The molecule has 0 bridgehead atoms. The van der Waals surface area contributed by atoms with Gasteiger partial charge in [0.15, 0.2) is 0 Å². The van der Waals surface area contributed by atoms with Crippen molar-refractivity contribution >= 4 is 0 Å². The Morgan fingerprint density at radius 1 is 0.960 bits per heavy atom. The van der Waals surface area contributed by atoms with Crippen molar-refractivity contribution in [3.8, 4) is 0 Å². The van der Waals surface area contributed by atoms with Crippen LogP contribution in [0, 0.1) is 17.6 Å². The summed E-state index contributed by atoms with van der Waals surface area (Å²) < 4.78 is 33.6. The third-order valence-corrected chi connectivity index (χ3v) is 5.63. The van der Waals surface area contributed by atoms with Gasteiger partial charge in [-0.05, 0) is 60.8 Å². The summed E-state index contributed by atoms with van der Waals surface area (Å²) in [4.78, 5) is 0. The molecule has 0 N–H and O–H groups in total. The van der Waals surface area contributed by atoms with E-state index in [1.807, 2.05) is 12.1 Å². The second-order valence-electron chi connectivity index (χ2n) is 7.04. The minimum Gasteiger partial charge on any atom is -0.372 e. The Kier molecular flexibility index (Phi) is 5.85. The molecule has 0 aromatic heterocycles. The fraction of sp³-hybridized carbons (Fsp3) is 0.455. The highest BCUT2D eigenvalue weighted by molar-refractivity contribution is 5.35. The lowest BCUT2D eigenvalue weighted by atomic mass is 9.77. The number of halogens is 2.